The molecule has 0 radical (unpaired) electrons. The number of amides is 1. The second-order valence-electron chi connectivity index (χ2n) is 7.95. The van der Waals surface area contributed by atoms with Crippen LogP contribution in [0.3, 0.4) is 0 Å². The highest BCUT2D eigenvalue weighted by molar-refractivity contribution is 7.92. The van der Waals surface area contributed by atoms with E-state index in [2.05, 4.69) is 20.0 Å². The van der Waals surface area contributed by atoms with E-state index in [4.69, 9.17) is 0 Å². The number of anilines is 1. The molecule has 2 heterocycles. The van der Waals surface area contributed by atoms with Crippen molar-refractivity contribution in [2.45, 2.75) is 44.6 Å². The van der Waals surface area contributed by atoms with Crippen LogP contribution in [0.4, 0.5) is 5.69 Å². The molecule has 3 N–H and O–H groups in total. The molecular weight excluding hydrogens is 400 g/mol. The quantitative estimate of drug-likeness (QED) is 0.560. The van der Waals surface area contributed by atoms with Gasteiger partial charge in [0, 0.05) is 29.0 Å². The number of sulfonamides is 1. The Kier molecular flexibility index (Phi) is 5.76. The van der Waals surface area contributed by atoms with Crippen LogP contribution in [0.2, 0.25) is 0 Å². The van der Waals surface area contributed by atoms with E-state index < -0.39 is 10.0 Å². The molecule has 4 rings (SSSR count). The van der Waals surface area contributed by atoms with E-state index in [9.17, 15) is 13.2 Å². The van der Waals surface area contributed by atoms with Gasteiger partial charge in [0.1, 0.15) is 5.65 Å². The number of benzene rings is 1. The van der Waals surface area contributed by atoms with Gasteiger partial charge < -0.3 is 10.3 Å². The van der Waals surface area contributed by atoms with Gasteiger partial charge in [0.15, 0.2) is 0 Å². The van der Waals surface area contributed by atoms with Crippen molar-refractivity contribution in [2.75, 3.05) is 11.0 Å². The summed E-state index contributed by atoms with van der Waals surface area (Å²) in [6.07, 6.45) is 8.90. The maximum atomic E-state index is 12.5. The number of carbonyl (C=O) groups excluding carboxylic acids is 1. The molecule has 2 aromatic heterocycles. The number of hydrogen-bond acceptors (Lipinski definition) is 4. The summed E-state index contributed by atoms with van der Waals surface area (Å²) < 4.78 is 25.2. The summed E-state index contributed by atoms with van der Waals surface area (Å²) in [7, 11) is -3.31. The van der Waals surface area contributed by atoms with Crippen LogP contribution in [-0.4, -0.2) is 36.6 Å². The Bertz CT molecular complexity index is 1150. The second kappa shape index (κ2) is 8.47. The van der Waals surface area contributed by atoms with Gasteiger partial charge in [-0.1, -0.05) is 31.4 Å². The van der Waals surface area contributed by atoms with E-state index in [1.54, 1.807) is 18.3 Å². The Labute approximate surface area is 176 Å². The predicted octanol–water partition coefficient (Wildman–Crippen LogP) is 3.59. The molecule has 0 aliphatic heterocycles. The van der Waals surface area contributed by atoms with Gasteiger partial charge in [-0.05, 0) is 48.2 Å². The van der Waals surface area contributed by atoms with E-state index in [1.165, 1.54) is 19.3 Å². The van der Waals surface area contributed by atoms with Gasteiger partial charge in [-0.25, -0.2) is 13.4 Å². The van der Waals surface area contributed by atoms with Crippen LogP contribution in [0.25, 0.3) is 22.2 Å². The minimum Gasteiger partial charge on any atom is -0.353 e. The number of pyridine rings is 1. The van der Waals surface area contributed by atoms with Crippen LogP contribution in [-0.2, 0) is 21.2 Å². The number of fused-ring (bicyclic) bond motifs is 1. The van der Waals surface area contributed by atoms with Gasteiger partial charge in [-0.15, -0.1) is 0 Å². The fourth-order valence-electron chi connectivity index (χ4n) is 4.06. The molecule has 1 aromatic carbocycles. The average molecular weight is 427 g/mol. The SMILES string of the molecule is CS(=O)(=O)Nc1ccc(-c2ccnc3[nH]c(CC(=O)NC4CCCCC4)cc23)cc1. The monoisotopic (exact) mass is 426 g/mol. The van der Waals surface area contributed by atoms with Gasteiger partial charge in [0.2, 0.25) is 15.9 Å². The lowest BCUT2D eigenvalue weighted by atomic mass is 9.95. The molecule has 1 aliphatic rings. The van der Waals surface area contributed by atoms with Crippen LogP contribution in [0.1, 0.15) is 37.8 Å². The molecule has 1 saturated carbocycles. The van der Waals surface area contributed by atoms with Crippen molar-refractivity contribution in [3.05, 3.63) is 48.3 Å². The van der Waals surface area contributed by atoms with Crippen LogP contribution < -0.4 is 10.0 Å². The van der Waals surface area contributed by atoms with Gasteiger partial charge in [-0.3, -0.25) is 9.52 Å². The third-order valence-corrected chi connectivity index (χ3v) is 6.01. The van der Waals surface area contributed by atoms with E-state index in [-0.39, 0.29) is 5.91 Å². The molecule has 0 bridgehead atoms. The van der Waals surface area contributed by atoms with Crippen LogP contribution >= 0.6 is 0 Å². The lowest BCUT2D eigenvalue weighted by molar-refractivity contribution is -0.121. The highest BCUT2D eigenvalue weighted by Crippen LogP contribution is 2.29. The van der Waals surface area contributed by atoms with Gasteiger partial charge >= 0.3 is 0 Å². The molecule has 3 aromatic rings. The number of carbonyl (C=O) groups is 1. The number of aromatic amines is 1. The van der Waals surface area contributed by atoms with Crippen molar-refractivity contribution in [1.82, 2.24) is 15.3 Å². The molecule has 30 heavy (non-hydrogen) atoms. The molecule has 0 spiro atoms. The highest BCUT2D eigenvalue weighted by atomic mass is 32.2. The van der Waals surface area contributed by atoms with Crippen molar-refractivity contribution >= 4 is 32.7 Å². The van der Waals surface area contributed by atoms with Crippen LogP contribution in [0, 0.1) is 0 Å². The first-order valence-corrected chi connectivity index (χ1v) is 12.1. The second-order valence-corrected chi connectivity index (χ2v) is 9.69. The fourth-order valence-corrected chi connectivity index (χ4v) is 4.62. The summed E-state index contributed by atoms with van der Waals surface area (Å²) in [6, 6.07) is 11.4. The molecule has 1 aliphatic carbocycles. The number of nitrogens with one attached hydrogen (secondary N) is 3. The first kappa shape index (κ1) is 20.4. The van der Waals surface area contributed by atoms with Gasteiger partial charge in [0.05, 0.1) is 12.7 Å². The van der Waals surface area contributed by atoms with Crippen molar-refractivity contribution in [2.24, 2.45) is 0 Å². The van der Waals surface area contributed by atoms with E-state index in [0.29, 0.717) is 18.2 Å². The molecule has 1 amide bonds. The van der Waals surface area contributed by atoms with E-state index >= 15 is 0 Å². The summed E-state index contributed by atoms with van der Waals surface area (Å²) in [5, 5.41) is 4.08. The normalized spacial score (nSPS) is 15.2. The van der Waals surface area contributed by atoms with Crippen LogP contribution in [0.5, 0.6) is 0 Å². The minimum atomic E-state index is -3.31. The van der Waals surface area contributed by atoms with Gasteiger partial charge in [0.25, 0.3) is 0 Å². The Morgan fingerprint density at radius 2 is 1.87 bits per heavy atom. The number of rotatable bonds is 6. The lowest BCUT2D eigenvalue weighted by Crippen LogP contribution is -2.37. The largest absolute Gasteiger partial charge is 0.353 e. The molecule has 1 fully saturated rings. The fraction of sp³-hybridized carbons (Fsp3) is 0.364. The van der Waals surface area contributed by atoms with Gasteiger partial charge in [-0.2, -0.15) is 0 Å². The van der Waals surface area contributed by atoms with Crippen molar-refractivity contribution in [3.63, 3.8) is 0 Å². The van der Waals surface area contributed by atoms with E-state index in [0.717, 1.165) is 47.0 Å². The minimum absolute atomic E-state index is 0.0335. The Morgan fingerprint density at radius 3 is 2.57 bits per heavy atom. The topological polar surface area (TPSA) is 104 Å². The standard InChI is InChI=1S/C22H26N4O3S/c1-30(28,29)26-17-9-7-15(8-10-17)19-11-12-23-22-20(19)13-18(25-22)14-21(27)24-16-5-3-2-4-6-16/h7-13,16,26H,2-6,14H2,1H3,(H,23,25)(H,24,27). The molecule has 0 atom stereocenters. The third kappa shape index (κ3) is 4.99. The summed E-state index contributed by atoms with van der Waals surface area (Å²) >= 11 is 0. The van der Waals surface area contributed by atoms with Crippen molar-refractivity contribution < 1.29 is 13.2 Å². The lowest BCUT2D eigenvalue weighted by Gasteiger charge is -2.22. The molecule has 158 valence electrons. The van der Waals surface area contributed by atoms with Crippen LogP contribution in [0.15, 0.2) is 42.6 Å². The zero-order valence-electron chi connectivity index (χ0n) is 16.9. The predicted molar refractivity (Wildman–Crippen MR) is 119 cm³/mol. The molecule has 0 saturated heterocycles. The molecule has 8 heteroatoms. The third-order valence-electron chi connectivity index (χ3n) is 5.41. The van der Waals surface area contributed by atoms with E-state index in [1.807, 2.05) is 24.3 Å². The Morgan fingerprint density at radius 1 is 1.13 bits per heavy atom. The molecule has 0 unspecified atom stereocenters. The Balaban J connectivity index is 1.52. The Hall–Kier alpha value is -2.87. The summed E-state index contributed by atoms with van der Waals surface area (Å²) in [5.41, 5.74) is 3.99. The number of aromatic nitrogens is 2. The number of hydrogen-bond donors (Lipinski definition) is 3. The molecule has 7 nitrogen and oxygen atoms in total. The first-order chi connectivity index (χ1) is 14.4. The number of nitrogens with zero attached hydrogens (tertiary/aromatic N) is 1. The van der Waals surface area contributed by atoms with Crippen molar-refractivity contribution in [1.29, 1.82) is 0 Å². The maximum absolute atomic E-state index is 12.5. The maximum Gasteiger partial charge on any atom is 0.229 e. The molecular formula is C22H26N4O3S. The smallest absolute Gasteiger partial charge is 0.229 e. The highest BCUT2D eigenvalue weighted by Gasteiger charge is 2.17. The first-order valence-electron chi connectivity index (χ1n) is 10.2. The number of H-pyrrole nitrogens is 1. The summed E-state index contributed by atoms with van der Waals surface area (Å²) in [6.45, 7) is 0. The zero-order chi connectivity index (χ0) is 21.1. The summed E-state index contributed by atoms with van der Waals surface area (Å²) in [5.74, 6) is 0.0335. The average Bonchev–Trinajstić information content (AvgIpc) is 3.10. The summed E-state index contributed by atoms with van der Waals surface area (Å²) in [4.78, 5) is 20.1. The zero-order valence-corrected chi connectivity index (χ0v) is 17.8. The van der Waals surface area contributed by atoms with Crippen molar-refractivity contribution in [3.8, 4) is 11.1 Å².